The van der Waals surface area contributed by atoms with Crippen molar-refractivity contribution in [3.05, 3.63) is 0 Å². The number of rotatable bonds is 9. The van der Waals surface area contributed by atoms with Gasteiger partial charge in [-0.3, -0.25) is 4.79 Å². The molecule has 0 aliphatic heterocycles. The molecule has 0 aromatic carbocycles. The van der Waals surface area contributed by atoms with E-state index in [2.05, 4.69) is 38.3 Å². The first kappa shape index (κ1) is 18.4. The Balaban J connectivity index is 4.22. The molecule has 1 unspecified atom stereocenters. The molecule has 0 saturated heterocycles. The molecule has 19 heavy (non-hydrogen) atoms. The average Bonchev–Trinajstić information content (AvgIpc) is 2.25. The molecule has 0 fully saturated rings. The third-order valence-corrected chi connectivity index (χ3v) is 3.52. The van der Waals surface area contributed by atoms with Crippen LogP contribution in [0.1, 0.15) is 48.0 Å². The van der Waals surface area contributed by atoms with Gasteiger partial charge in [-0.15, -0.1) is 0 Å². The number of nitrogens with two attached hydrogens (primary N) is 1. The maximum Gasteiger partial charge on any atom is 0.221 e. The van der Waals surface area contributed by atoms with E-state index in [4.69, 9.17) is 5.73 Å². The molecule has 0 spiro atoms. The van der Waals surface area contributed by atoms with E-state index in [1.807, 2.05) is 13.8 Å². The zero-order valence-corrected chi connectivity index (χ0v) is 13.5. The summed E-state index contributed by atoms with van der Waals surface area (Å²) in [5.74, 6) is 1.96. The van der Waals surface area contributed by atoms with E-state index in [-0.39, 0.29) is 18.0 Å². The highest BCUT2D eigenvalue weighted by Gasteiger charge is 2.19. The van der Waals surface area contributed by atoms with Gasteiger partial charge in [0.05, 0.1) is 0 Å². The van der Waals surface area contributed by atoms with Gasteiger partial charge < -0.3 is 16.4 Å². The van der Waals surface area contributed by atoms with Gasteiger partial charge in [0.2, 0.25) is 5.91 Å². The molecule has 114 valence electrons. The van der Waals surface area contributed by atoms with Crippen LogP contribution in [0.15, 0.2) is 0 Å². The van der Waals surface area contributed by atoms with Crippen molar-refractivity contribution in [1.82, 2.24) is 10.6 Å². The fourth-order valence-corrected chi connectivity index (χ4v) is 2.39. The summed E-state index contributed by atoms with van der Waals surface area (Å²) in [4.78, 5) is 11.7. The number of hydrogen-bond acceptors (Lipinski definition) is 3. The SMILES string of the molecule is CC(C)NC(=O)CC(CN)NCC(C(C)C)C(C)C. The summed E-state index contributed by atoms with van der Waals surface area (Å²) in [6.45, 7) is 14.3. The first-order valence-electron chi connectivity index (χ1n) is 7.50. The van der Waals surface area contributed by atoms with Gasteiger partial charge in [-0.2, -0.15) is 0 Å². The first-order chi connectivity index (χ1) is 8.77. The lowest BCUT2D eigenvalue weighted by molar-refractivity contribution is -0.122. The molecular formula is C15H33N3O. The fraction of sp³-hybridized carbons (Fsp3) is 0.933. The van der Waals surface area contributed by atoms with Crippen molar-refractivity contribution in [2.45, 2.75) is 60.0 Å². The lowest BCUT2D eigenvalue weighted by Gasteiger charge is -2.27. The number of hydrogen-bond donors (Lipinski definition) is 3. The highest BCUT2D eigenvalue weighted by atomic mass is 16.1. The summed E-state index contributed by atoms with van der Waals surface area (Å²) in [6.07, 6.45) is 0.456. The van der Waals surface area contributed by atoms with Crippen LogP contribution in [-0.4, -0.2) is 31.1 Å². The third kappa shape index (κ3) is 8.22. The van der Waals surface area contributed by atoms with Gasteiger partial charge in [-0.05, 0) is 38.1 Å². The fourth-order valence-electron chi connectivity index (χ4n) is 2.39. The molecule has 0 bridgehead atoms. The molecular weight excluding hydrogens is 238 g/mol. The van der Waals surface area contributed by atoms with Crippen LogP contribution < -0.4 is 16.4 Å². The Bertz CT molecular complexity index is 244. The smallest absolute Gasteiger partial charge is 0.221 e. The van der Waals surface area contributed by atoms with Crippen molar-refractivity contribution in [3.8, 4) is 0 Å². The number of amides is 1. The Kier molecular flexibility index (Phi) is 9.02. The van der Waals surface area contributed by atoms with Crippen molar-refractivity contribution >= 4 is 5.91 Å². The zero-order valence-electron chi connectivity index (χ0n) is 13.5. The van der Waals surface area contributed by atoms with Gasteiger partial charge in [-0.1, -0.05) is 27.7 Å². The third-order valence-electron chi connectivity index (χ3n) is 3.52. The number of carbonyl (C=O) groups excluding carboxylic acids is 1. The van der Waals surface area contributed by atoms with Crippen molar-refractivity contribution < 1.29 is 4.79 Å². The summed E-state index contributed by atoms with van der Waals surface area (Å²) in [7, 11) is 0. The summed E-state index contributed by atoms with van der Waals surface area (Å²) >= 11 is 0. The van der Waals surface area contributed by atoms with E-state index in [9.17, 15) is 4.79 Å². The predicted octanol–water partition coefficient (Wildman–Crippen LogP) is 1.75. The van der Waals surface area contributed by atoms with Crippen LogP contribution in [0.4, 0.5) is 0 Å². The normalized spacial score (nSPS) is 13.6. The first-order valence-corrected chi connectivity index (χ1v) is 7.50. The Morgan fingerprint density at radius 2 is 1.58 bits per heavy atom. The molecule has 4 N–H and O–H groups in total. The molecule has 0 aliphatic carbocycles. The van der Waals surface area contributed by atoms with Gasteiger partial charge in [0.25, 0.3) is 0 Å². The minimum atomic E-state index is 0.0683. The Morgan fingerprint density at radius 3 is 1.95 bits per heavy atom. The molecule has 0 aliphatic rings. The van der Waals surface area contributed by atoms with Crippen molar-refractivity contribution in [2.75, 3.05) is 13.1 Å². The van der Waals surface area contributed by atoms with Crippen LogP contribution >= 0.6 is 0 Å². The molecule has 4 nitrogen and oxygen atoms in total. The van der Waals surface area contributed by atoms with Crippen LogP contribution in [0.2, 0.25) is 0 Å². The monoisotopic (exact) mass is 271 g/mol. The van der Waals surface area contributed by atoms with E-state index in [1.54, 1.807) is 0 Å². The van der Waals surface area contributed by atoms with E-state index in [1.165, 1.54) is 0 Å². The second-order valence-corrected chi connectivity index (χ2v) is 6.42. The van der Waals surface area contributed by atoms with Gasteiger partial charge in [-0.25, -0.2) is 0 Å². The number of nitrogens with one attached hydrogen (secondary N) is 2. The Labute approximate surface area is 118 Å². The summed E-state index contributed by atoms with van der Waals surface area (Å²) in [6, 6.07) is 0.253. The van der Waals surface area contributed by atoms with Gasteiger partial charge in [0.15, 0.2) is 0 Å². The van der Waals surface area contributed by atoms with Gasteiger partial charge >= 0.3 is 0 Å². The van der Waals surface area contributed by atoms with Crippen LogP contribution in [-0.2, 0) is 4.79 Å². The second kappa shape index (κ2) is 9.32. The maximum atomic E-state index is 11.7. The molecule has 0 radical (unpaired) electrons. The second-order valence-electron chi connectivity index (χ2n) is 6.42. The topological polar surface area (TPSA) is 67.2 Å². The van der Waals surface area contributed by atoms with Crippen molar-refractivity contribution in [2.24, 2.45) is 23.5 Å². The highest BCUT2D eigenvalue weighted by Crippen LogP contribution is 2.19. The van der Waals surface area contributed by atoms with E-state index in [0.717, 1.165) is 6.54 Å². The van der Waals surface area contributed by atoms with Crippen LogP contribution in [0.5, 0.6) is 0 Å². The molecule has 0 heterocycles. The molecule has 0 saturated carbocycles. The Hall–Kier alpha value is -0.610. The maximum absolute atomic E-state index is 11.7. The largest absolute Gasteiger partial charge is 0.354 e. The molecule has 1 atom stereocenters. The van der Waals surface area contributed by atoms with E-state index >= 15 is 0 Å². The molecule has 4 heteroatoms. The van der Waals surface area contributed by atoms with Crippen molar-refractivity contribution in [3.63, 3.8) is 0 Å². The van der Waals surface area contributed by atoms with E-state index < -0.39 is 0 Å². The molecule has 0 rings (SSSR count). The van der Waals surface area contributed by atoms with Crippen LogP contribution in [0.3, 0.4) is 0 Å². The number of carbonyl (C=O) groups is 1. The summed E-state index contributed by atoms with van der Waals surface area (Å²) in [5.41, 5.74) is 5.75. The lowest BCUT2D eigenvalue weighted by atomic mass is 9.85. The molecule has 1 amide bonds. The lowest BCUT2D eigenvalue weighted by Crippen LogP contribution is -2.44. The summed E-state index contributed by atoms with van der Waals surface area (Å²) < 4.78 is 0. The highest BCUT2D eigenvalue weighted by molar-refractivity contribution is 5.76. The van der Waals surface area contributed by atoms with E-state index in [0.29, 0.717) is 30.7 Å². The summed E-state index contributed by atoms with van der Waals surface area (Å²) in [5, 5.41) is 6.36. The van der Waals surface area contributed by atoms with Gasteiger partial charge in [0.1, 0.15) is 0 Å². The quantitative estimate of drug-likeness (QED) is 0.598. The predicted molar refractivity (Wildman–Crippen MR) is 81.9 cm³/mol. The standard InChI is InChI=1S/C15H33N3O/c1-10(2)14(11(3)4)9-17-13(8-16)7-15(19)18-12(5)6/h10-14,17H,7-9,16H2,1-6H3,(H,18,19). The molecule has 0 aromatic heterocycles. The van der Waals surface area contributed by atoms with Gasteiger partial charge in [0, 0.05) is 25.0 Å². The minimum absolute atomic E-state index is 0.0683. The average molecular weight is 271 g/mol. The Morgan fingerprint density at radius 1 is 1.05 bits per heavy atom. The van der Waals surface area contributed by atoms with Crippen LogP contribution in [0.25, 0.3) is 0 Å². The molecule has 0 aromatic rings. The minimum Gasteiger partial charge on any atom is -0.354 e. The zero-order chi connectivity index (χ0) is 15.0. The van der Waals surface area contributed by atoms with Crippen molar-refractivity contribution in [1.29, 1.82) is 0 Å². The van der Waals surface area contributed by atoms with Crippen LogP contribution in [0, 0.1) is 17.8 Å².